The van der Waals surface area contributed by atoms with Crippen LogP contribution >= 0.6 is 12.2 Å². The van der Waals surface area contributed by atoms with E-state index >= 15 is 0 Å². The van der Waals surface area contributed by atoms with Crippen molar-refractivity contribution in [3.05, 3.63) is 18.3 Å². The number of piperidine rings is 1. The first-order valence-electron chi connectivity index (χ1n) is 6.32. The monoisotopic (exact) mass is 263 g/mol. The SMILES string of the molecule is C[C](C)CN1CCC(n2cc(N=C=S)cn2)CC1. The molecule has 1 aliphatic rings. The predicted molar refractivity (Wildman–Crippen MR) is 76.2 cm³/mol. The van der Waals surface area contributed by atoms with Crippen LogP contribution in [0.5, 0.6) is 0 Å². The van der Waals surface area contributed by atoms with Gasteiger partial charge < -0.3 is 4.90 Å². The van der Waals surface area contributed by atoms with Crippen LogP contribution in [-0.2, 0) is 0 Å². The first-order valence-corrected chi connectivity index (χ1v) is 6.73. The molecule has 1 aliphatic heterocycles. The zero-order chi connectivity index (χ0) is 13.0. The van der Waals surface area contributed by atoms with Gasteiger partial charge >= 0.3 is 0 Å². The largest absolute Gasteiger partial charge is 0.303 e. The van der Waals surface area contributed by atoms with Crippen LogP contribution in [0.4, 0.5) is 5.69 Å². The van der Waals surface area contributed by atoms with E-state index in [4.69, 9.17) is 0 Å². The van der Waals surface area contributed by atoms with Crippen molar-refractivity contribution in [1.29, 1.82) is 0 Å². The van der Waals surface area contributed by atoms with Crippen LogP contribution in [0, 0.1) is 5.92 Å². The summed E-state index contributed by atoms with van der Waals surface area (Å²) in [5.41, 5.74) is 0.796. The Bertz CT molecular complexity index is 426. The van der Waals surface area contributed by atoms with Crippen molar-refractivity contribution in [2.24, 2.45) is 4.99 Å². The maximum absolute atomic E-state index is 4.59. The van der Waals surface area contributed by atoms with Gasteiger partial charge in [-0.25, -0.2) is 0 Å². The Balaban J connectivity index is 1.90. The molecule has 1 radical (unpaired) electrons. The molecule has 18 heavy (non-hydrogen) atoms. The second kappa shape index (κ2) is 6.23. The number of aromatic nitrogens is 2. The van der Waals surface area contributed by atoms with E-state index in [2.05, 4.69) is 46.2 Å². The van der Waals surface area contributed by atoms with Crippen molar-refractivity contribution < 1.29 is 0 Å². The molecule has 0 atom stereocenters. The summed E-state index contributed by atoms with van der Waals surface area (Å²) >= 11 is 4.59. The molecule has 2 rings (SSSR count). The third-order valence-electron chi connectivity index (χ3n) is 3.23. The molecule has 0 spiro atoms. The van der Waals surface area contributed by atoms with Crippen molar-refractivity contribution >= 4 is 23.1 Å². The topological polar surface area (TPSA) is 33.4 Å². The van der Waals surface area contributed by atoms with E-state index in [9.17, 15) is 0 Å². The highest BCUT2D eigenvalue weighted by molar-refractivity contribution is 7.78. The molecule has 0 aromatic carbocycles. The molecule has 0 saturated carbocycles. The number of thiocarbonyl (C=S) groups is 1. The second-order valence-electron chi connectivity index (χ2n) is 5.10. The summed E-state index contributed by atoms with van der Waals surface area (Å²) in [5.74, 6) is 1.48. The smallest absolute Gasteiger partial charge is 0.112 e. The minimum atomic E-state index is 0.493. The molecule has 0 bridgehead atoms. The standard InChI is InChI=1S/C13H19N4S/c1-11(2)8-16-5-3-13(4-6-16)17-9-12(7-15-17)14-10-18/h7,9,13H,3-6,8H2,1-2H3. The summed E-state index contributed by atoms with van der Waals surface area (Å²) in [4.78, 5) is 6.45. The molecule has 4 nitrogen and oxygen atoms in total. The van der Waals surface area contributed by atoms with Crippen molar-refractivity contribution in [3.8, 4) is 0 Å². The molecular formula is C13H19N4S. The van der Waals surface area contributed by atoms with Crippen LogP contribution in [-0.4, -0.2) is 39.5 Å². The summed E-state index contributed by atoms with van der Waals surface area (Å²) in [6.07, 6.45) is 6.00. The van der Waals surface area contributed by atoms with Crippen LogP contribution < -0.4 is 0 Å². The van der Waals surface area contributed by atoms with E-state index in [0.717, 1.165) is 38.2 Å². The van der Waals surface area contributed by atoms with Crippen LogP contribution in [0.1, 0.15) is 32.7 Å². The van der Waals surface area contributed by atoms with E-state index in [0.29, 0.717) is 6.04 Å². The third kappa shape index (κ3) is 3.48. The minimum Gasteiger partial charge on any atom is -0.303 e. The Morgan fingerprint density at radius 2 is 2.22 bits per heavy atom. The van der Waals surface area contributed by atoms with Gasteiger partial charge in [0.25, 0.3) is 0 Å². The lowest BCUT2D eigenvalue weighted by molar-refractivity contribution is 0.186. The number of rotatable bonds is 4. The van der Waals surface area contributed by atoms with E-state index in [-0.39, 0.29) is 0 Å². The quantitative estimate of drug-likeness (QED) is 0.618. The third-order valence-corrected chi connectivity index (χ3v) is 3.32. The van der Waals surface area contributed by atoms with Crippen molar-refractivity contribution in [3.63, 3.8) is 0 Å². The lowest BCUT2D eigenvalue weighted by Crippen LogP contribution is -2.36. The molecule has 0 amide bonds. The Kier molecular flexibility index (Phi) is 4.64. The molecule has 2 heterocycles. The normalized spacial score (nSPS) is 17.9. The maximum Gasteiger partial charge on any atom is 0.112 e. The van der Waals surface area contributed by atoms with Gasteiger partial charge in [0.1, 0.15) is 5.69 Å². The lowest BCUT2D eigenvalue weighted by Gasteiger charge is -2.32. The van der Waals surface area contributed by atoms with E-state index in [1.165, 1.54) is 5.92 Å². The summed E-state index contributed by atoms with van der Waals surface area (Å²) < 4.78 is 2.02. The van der Waals surface area contributed by atoms with Gasteiger partial charge in [-0.05, 0) is 31.0 Å². The highest BCUT2D eigenvalue weighted by Crippen LogP contribution is 2.24. The zero-order valence-corrected chi connectivity index (χ0v) is 11.8. The van der Waals surface area contributed by atoms with Gasteiger partial charge in [-0.3, -0.25) is 4.68 Å². The zero-order valence-electron chi connectivity index (χ0n) is 11.0. The molecular weight excluding hydrogens is 244 g/mol. The first-order chi connectivity index (χ1) is 8.69. The number of hydrogen-bond donors (Lipinski definition) is 0. The van der Waals surface area contributed by atoms with Gasteiger partial charge in [0.15, 0.2) is 0 Å². The van der Waals surface area contributed by atoms with Crippen molar-refractivity contribution in [1.82, 2.24) is 14.7 Å². The molecule has 97 valence electrons. The van der Waals surface area contributed by atoms with Gasteiger partial charge in [-0.15, -0.1) is 0 Å². The number of likely N-dealkylation sites (tertiary alicyclic amines) is 1. The lowest BCUT2D eigenvalue weighted by atomic mass is 10.0. The van der Waals surface area contributed by atoms with Crippen molar-refractivity contribution in [2.45, 2.75) is 32.7 Å². The minimum absolute atomic E-state index is 0.493. The summed E-state index contributed by atoms with van der Waals surface area (Å²) in [6.45, 7) is 7.78. The van der Waals surface area contributed by atoms with Crippen molar-refractivity contribution in [2.75, 3.05) is 19.6 Å². The van der Waals surface area contributed by atoms with Crippen LogP contribution in [0.15, 0.2) is 17.4 Å². The molecule has 0 aliphatic carbocycles. The Morgan fingerprint density at radius 1 is 1.50 bits per heavy atom. The molecule has 1 aromatic heterocycles. The maximum atomic E-state index is 4.59. The molecule has 1 fully saturated rings. The highest BCUT2D eigenvalue weighted by atomic mass is 32.1. The van der Waals surface area contributed by atoms with Gasteiger partial charge in [0.05, 0.1) is 23.6 Å². The Morgan fingerprint density at radius 3 is 2.83 bits per heavy atom. The molecule has 1 saturated heterocycles. The molecule has 1 aromatic rings. The van der Waals surface area contributed by atoms with Gasteiger partial charge in [-0.2, -0.15) is 10.1 Å². The van der Waals surface area contributed by atoms with Gasteiger partial charge in [0.2, 0.25) is 0 Å². The fourth-order valence-corrected chi connectivity index (χ4v) is 2.53. The first kappa shape index (κ1) is 13.4. The Labute approximate surface area is 114 Å². The number of aliphatic imine (C=N–C) groups is 1. The fourth-order valence-electron chi connectivity index (χ4n) is 2.43. The number of hydrogen-bond acceptors (Lipinski definition) is 4. The average Bonchev–Trinajstić information content (AvgIpc) is 2.78. The highest BCUT2D eigenvalue weighted by Gasteiger charge is 2.21. The average molecular weight is 263 g/mol. The molecule has 0 N–H and O–H groups in total. The van der Waals surface area contributed by atoms with E-state index in [1.54, 1.807) is 6.20 Å². The molecule has 0 unspecified atom stereocenters. The van der Waals surface area contributed by atoms with Gasteiger partial charge in [-0.1, -0.05) is 13.8 Å². The Hall–Kier alpha value is -1.03. The summed E-state index contributed by atoms with van der Waals surface area (Å²) in [5, 5.41) is 6.73. The fraction of sp³-hybridized carbons (Fsp3) is 0.615. The van der Waals surface area contributed by atoms with Crippen LogP contribution in [0.2, 0.25) is 0 Å². The second-order valence-corrected chi connectivity index (χ2v) is 5.28. The summed E-state index contributed by atoms with van der Waals surface area (Å²) in [6, 6.07) is 0.493. The van der Waals surface area contributed by atoms with E-state index in [1.807, 2.05) is 10.9 Å². The van der Waals surface area contributed by atoms with Crippen LogP contribution in [0.3, 0.4) is 0 Å². The van der Waals surface area contributed by atoms with E-state index < -0.39 is 0 Å². The van der Waals surface area contributed by atoms with Gasteiger partial charge in [0, 0.05) is 19.6 Å². The summed E-state index contributed by atoms with van der Waals surface area (Å²) in [7, 11) is 0. The van der Waals surface area contributed by atoms with Crippen LogP contribution in [0.25, 0.3) is 0 Å². The molecule has 5 heteroatoms. The predicted octanol–water partition coefficient (Wildman–Crippen LogP) is 2.87. The number of isothiocyanates is 1. The number of nitrogens with zero attached hydrogens (tertiary/aromatic N) is 4.